The van der Waals surface area contributed by atoms with Gasteiger partial charge in [-0.2, -0.15) is 13.2 Å². The SMILES string of the molecule is O=c1c2ccc(C(F)(F)F)cc2nc2n1CC/C2=C\c1c(F)cccc1F. The van der Waals surface area contributed by atoms with Crippen molar-refractivity contribution in [2.75, 3.05) is 0 Å². The minimum absolute atomic E-state index is 0.0603. The maximum Gasteiger partial charge on any atom is 0.416 e. The van der Waals surface area contributed by atoms with Gasteiger partial charge in [0.15, 0.2) is 0 Å². The van der Waals surface area contributed by atoms with Crippen LogP contribution in [0.5, 0.6) is 0 Å². The van der Waals surface area contributed by atoms with Gasteiger partial charge in [0.1, 0.15) is 17.5 Å². The number of allylic oxidation sites excluding steroid dienone is 1. The molecular formula is C19H11F5N2O. The van der Waals surface area contributed by atoms with Gasteiger partial charge in [-0.3, -0.25) is 9.36 Å². The first-order chi connectivity index (χ1) is 12.8. The molecular weight excluding hydrogens is 367 g/mol. The number of alkyl halides is 3. The van der Waals surface area contributed by atoms with E-state index in [0.717, 1.165) is 30.3 Å². The first kappa shape index (κ1) is 17.4. The monoisotopic (exact) mass is 378 g/mol. The van der Waals surface area contributed by atoms with E-state index in [2.05, 4.69) is 4.98 Å². The predicted octanol–water partition coefficient (Wildman–Crippen LogP) is 4.64. The van der Waals surface area contributed by atoms with E-state index < -0.39 is 28.9 Å². The second kappa shape index (κ2) is 6.00. The van der Waals surface area contributed by atoms with Crippen molar-refractivity contribution in [3.05, 3.63) is 75.3 Å². The standard InChI is InChI=1S/C19H11F5N2O/c20-14-2-1-3-15(21)13(14)8-10-6-7-26-17(10)25-16-9-11(19(22,23)24)4-5-12(16)18(26)27/h1-5,8-9H,6-7H2/b10-8+. The molecule has 0 atom stereocenters. The molecule has 0 bridgehead atoms. The summed E-state index contributed by atoms with van der Waals surface area (Å²) < 4.78 is 67.9. The largest absolute Gasteiger partial charge is 0.416 e. The van der Waals surface area contributed by atoms with E-state index in [1.165, 1.54) is 16.7 Å². The lowest BCUT2D eigenvalue weighted by Gasteiger charge is -2.09. The number of hydrogen-bond acceptors (Lipinski definition) is 2. The maximum absolute atomic E-state index is 13.9. The van der Waals surface area contributed by atoms with Crippen molar-refractivity contribution < 1.29 is 22.0 Å². The molecule has 0 fully saturated rings. The molecule has 1 aromatic heterocycles. The molecule has 4 rings (SSSR count). The summed E-state index contributed by atoms with van der Waals surface area (Å²) in [6.07, 6.45) is -3.03. The molecule has 2 aromatic carbocycles. The molecule has 0 radical (unpaired) electrons. The summed E-state index contributed by atoms with van der Waals surface area (Å²) in [5.74, 6) is -1.43. The highest BCUT2D eigenvalue weighted by atomic mass is 19.4. The van der Waals surface area contributed by atoms with Crippen molar-refractivity contribution in [2.24, 2.45) is 0 Å². The lowest BCUT2D eigenvalue weighted by molar-refractivity contribution is -0.137. The molecule has 8 heteroatoms. The topological polar surface area (TPSA) is 34.9 Å². The molecule has 0 unspecified atom stereocenters. The van der Waals surface area contributed by atoms with Gasteiger partial charge >= 0.3 is 6.18 Å². The molecule has 0 spiro atoms. The molecule has 2 heterocycles. The minimum Gasteiger partial charge on any atom is -0.292 e. The molecule has 0 amide bonds. The Bertz CT molecular complexity index is 1140. The van der Waals surface area contributed by atoms with Gasteiger partial charge < -0.3 is 0 Å². The summed E-state index contributed by atoms with van der Waals surface area (Å²) >= 11 is 0. The fraction of sp³-hybridized carbons (Fsp3) is 0.158. The van der Waals surface area contributed by atoms with E-state index in [9.17, 15) is 26.7 Å². The van der Waals surface area contributed by atoms with Gasteiger partial charge in [0.2, 0.25) is 0 Å². The Labute approximate surface area is 149 Å². The summed E-state index contributed by atoms with van der Waals surface area (Å²) in [7, 11) is 0. The lowest BCUT2D eigenvalue weighted by Crippen LogP contribution is -2.21. The van der Waals surface area contributed by atoms with E-state index in [4.69, 9.17) is 0 Å². The molecule has 0 N–H and O–H groups in total. The molecule has 0 aliphatic carbocycles. The predicted molar refractivity (Wildman–Crippen MR) is 89.9 cm³/mol. The summed E-state index contributed by atoms with van der Waals surface area (Å²) in [6.45, 7) is 0.236. The highest BCUT2D eigenvalue weighted by Gasteiger charge is 2.31. The second-order valence-corrected chi connectivity index (χ2v) is 6.18. The van der Waals surface area contributed by atoms with Crippen LogP contribution in [0, 0.1) is 11.6 Å². The zero-order valence-electron chi connectivity index (χ0n) is 13.6. The Morgan fingerprint density at radius 1 is 1.07 bits per heavy atom. The van der Waals surface area contributed by atoms with Gasteiger partial charge in [-0.1, -0.05) is 6.07 Å². The van der Waals surface area contributed by atoms with Gasteiger partial charge in [0, 0.05) is 12.1 Å². The molecule has 0 saturated carbocycles. The van der Waals surface area contributed by atoms with Crippen LogP contribution in [0.15, 0.2) is 41.2 Å². The Morgan fingerprint density at radius 3 is 2.44 bits per heavy atom. The summed E-state index contributed by atoms with van der Waals surface area (Å²) in [6, 6.07) is 6.15. The zero-order chi connectivity index (χ0) is 19.3. The van der Waals surface area contributed by atoms with Gasteiger partial charge in [-0.05, 0) is 48.4 Å². The smallest absolute Gasteiger partial charge is 0.292 e. The van der Waals surface area contributed by atoms with Crippen molar-refractivity contribution in [3.63, 3.8) is 0 Å². The van der Waals surface area contributed by atoms with Crippen molar-refractivity contribution in [3.8, 4) is 0 Å². The second-order valence-electron chi connectivity index (χ2n) is 6.18. The minimum atomic E-state index is -4.57. The summed E-state index contributed by atoms with van der Waals surface area (Å²) in [5, 5.41) is 0.0603. The normalized spacial score (nSPS) is 15.5. The van der Waals surface area contributed by atoms with Crippen molar-refractivity contribution in [1.29, 1.82) is 0 Å². The van der Waals surface area contributed by atoms with Gasteiger partial charge in [-0.15, -0.1) is 0 Å². The third-order valence-corrected chi connectivity index (χ3v) is 4.49. The molecule has 1 aliphatic rings. The Balaban J connectivity index is 1.92. The maximum atomic E-state index is 13.9. The van der Waals surface area contributed by atoms with Crippen LogP contribution in [0.1, 0.15) is 23.4 Å². The Kier molecular flexibility index (Phi) is 3.87. The number of nitrogens with zero attached hydrogens (tertiary/aromatic N) is 2. The van der Waals surface area contributed by atoms with Crippen LogP contribution in [0.3, 0.4) is 0 Å². The zero-order valence-corrected chi connectivity index (χ0v) is 13.6. The number of aromatic nitrogens is 2. The van der Waals surface area contributed by atoms with E-state index in [1.807, 2.05) is 0 Å². The highest BCUT2D eigenvalue weighted by Crippen LogP contribution is 2.32. The Hall–Kier alpha value is -3.03. The number of rotatable bonds is 1. The van der Waals surface area contributed by atoms with E-state index >= 15 is 0 Å². The number of hydrogen-bond donors (Lipinski definition) is 0. The molecule has 0 saturated heterocycles. The van der Waals surface area contributed by atoms with Gasteiger partial charge in [-0.25, -0.2) is 13.8 Å². The fourth-order valence-corrected chi connectivity index (χ4v) is 3.15. The summed E-state index contributed by atoms with van der Waals surface area (Å²) in [5.41, 5.74) is -1.41. The van der Waals surface area contributed by atoms with Crippen molar-refractivity contribution in [2.45, 2.75) is 19.1 Å². The lowest BCUT2D eigenvalue weighted by atomic mass is 10.1. The number of halogens is 5. The molecule has 138 valence electrons. The average Bonchev–Trinajstić information content (AvgIpc) is 3.00. The number of fused-ring (bicyclic) bond motifs is 2. The molecule has 3 aromatic rings. The van der Waals surface area contributed by atoms with Gasteiger partial charge in [0.05, 0.1) is 16.5 Å². The molecule has 1 aliphatic heterocycles. The van der Waals surface area contributed by atoms with Crippen LogP contribution in [0.4, 0.5) is 22.0 Å². The van der Waals surface area contributed by atoms with Crippen molar-refractivity contribution in [1.82, 2.24) is 9.55 Å². The Morgan fingerprint density at radius 2 is 1.78 bits per heavy atom. The van der Waals surface area contributed by atoms with Crippen LogP contribution < -0.4 is 5.56 Å². The van der Waals surface area contributed by atoms with E-state index in [-0.39, 0.29) is 28.8 Å². The summed E-state index contributed by atoms with van der Waals surface area (Å²) in [4.78, 5) is 16.8. The van der Waals surface area contributed by atoms with Crippen LogP contribution in [-0.2, 0) is 12.7 Å². The first-order valence-corrected chi connectivity index (χ1v) is 8.02. The van der Waals surface area contributed by atoms with E-state index in [0.29, 0.717) is 12.0 Å². The fourth-order valence-electron chi connectivity index (χ4n) is 3.15. The van der Waals surface area contributed by atoms with Crippen molar-refractivity contribution >= 4 is 22.6 Å². The molecule has 27 heavy (non-hydrogen) atoms. The van der Waals surface area contributed by atoms with Gasteiger partial charge in [0.25, 0.3) is 5.56 Å². The van der Waals surface area contributed by atoms with Crippen LogP contribution in [0.25, 0.3) is 22.6 Å². The highest BCUT2D eigenvalue weighted by molar-refractivity contribution is 5.85. The quantitative estimate of drug-likeness (QED) is 0.579. The first-order valence-electron chi connectivity index (χ1n) is 8.02. The average molecular weight is 378 g/mol. The van der Waals surface area contributed by atoms with E-state index in [1.54, 1.807) is 0 Å². The van der Waals surface area contributed by atoms with Crippen LogP contribution >= 0.6 is 0 Å². The van der Waals surface area contributed by atoms with Crippen LogP contribution in [-0.4, -0.2) is 9.55 Å². The third-order valence-electron chi connectivity index (χ3n) is 4.49. The van der Waals surface area contributed by atoms with Crippen LogP contribution in [0.2, 0.25) is 0 Å². The molecule has 3 nitrogen and oxygen atoms in total. The third kappa shape index (κ3) is 2.90. The number of benzene rings is 2.